The lowest BCUT2D eigenvalue weighted by molar-refractivity contribution is -0.124. The Balaban J connectivity index is 2.01. The average Bonchev–Trinajstić information content (AvgIpc) is 3.29. The van der Waals surface area contributed by atoms with E-state index in [2.05, 4.69) is 5.32 Å². The highest BCUT2D eigenvalue weighted by Crippen LogP contribution is 2.41. The molecule has 1 aliphatic rings. The minimum atomic E-state index is -0.471. The summed E-state index contributed by atoms with van der Waals surface area (Å²) < 4.78 is 16.1. The molecule has 0 saturated carbocycles. The number of anilines is 1. The number of esters is 1. The van der Waals surface area contributed by atoms with Crippen molar-refractivity contribution in [2.24, 2.45) is 0 Å². The quantitative estimate of drug-likeness (QED) is 0.723. The summed E-state index contributed by atoms with van der Waals surface area (Å²) in [6, 6.07) is 7.47. The molecule has 0 radical (unpaired) electrons. The van der Waals surface area contributed by atoms with Crippen LogP contribution < -0.4 is 10.1 Å². The molecule has 0 spiro atoms. The number of methoxy groups -OCH3 is 1. The van der Waals surface area contributed by atoms with Gasteiger partial charge in [-0.15, -0.1) is 11.3 Å². The number of ether oxygens (including phenoxy) is 3. The molecule has 28 heavy (non-hydrogen) atoms. The number of hydrogen-bond acceptors (Lipinski definition) is 6. The van der Waals surface area contributed by atoms with Gasteiger partial charge in [0.05, 0.1) is 13.2 Å². The lowest BCUT2D eigenvalue weighted by atomic mass is 10.0. The lowest BCUT2D eigenvalue weighted by Gasteiger charge is -2.13. The minimum Gasteiger partial charge on any atom is -0.497 e. The molecule has 3 rings (SSSR count). The zero-order chi connectivity index (χ0) is 20.3. The van der Waals surface area contributed by atoms with Gasteiger partial charge in [0.2, 0.25) is 0 Å². The normalized spacial score (nSPS) is 16.2. The smallest absolute Gasteiger partial charge is 0.342 e. The molecule has 7 heteroatoms. The van der Waals surface area contributed by atoms with Crippen LogP contribution in [0.1, 0.15) is 41.9 Å². The first-order chi connectivity index (χ1) is 13.4. The Morgan fingerprint density at radius 1 is 1.25 bits per heavy atom. The number of thiophene rings is 1. The number of nitrogens with one attached hydrogen (secondary N) is 1. The van der Waals surface area contributed by atoms with Crippen molar-refractivity contribution in [3.05, 3.63) is 34.7 Å². The van der Waals surface area contributed by atoms with Crippen molar-refractivity contribution in [3.8, 4) is 16.9 Å². The van der Waals surface area contributed by atoms with Crippen LogP contribution in [-0.2, 0) is 14.3 Å². The molecule has 1 aliphatic heterocycles. The van der Waals surface area contributed by atoms with Gasteiger partial charge >= 0.3 is 5.97 Å². The van der Waals surface area contributed by atoms with Crippen LogP contribution >= 0.6 is 11.3 Å². The van der Waals surface area contributed by atoms with Gasteiger partial charge < -0.3 is 19.5 Å². The highest BCUT2D eigenvalue weighted by atomic mass is 32.1. The summed E-state index contributed by atoms with van der Waals surface area (Å²) in [6.07, 6.45) is 0.813. The van der Waals surface area contributed by atoms with E-state index in [1.807, 2.05) is 31.2 Å². The predicted molar refractivity (Wildman–Crippen MR) is 109 cm³/mol. The van der Waals surface area contributed by atoms with E-state index in [1.165, 1.54) is 11.3 Å². The molecule has 150 valence electrons. The summed E-state index contributed by atoms with van der Waals surface area (Å²) in [6.45, 7) is 6.11. The van der Waals surface area contributed by atoms with Crippen molar-refractivity contribution in [2.45, 2.75) is 45.8 Å². The fourth-order valence-corrected chi connectivity index (χ4v) is 4.25. The maximum absolute atomic E-state index is 12.9. The molecule has 1 amide bonds. The average molecular weight is 404 g/mol. The SMILES string of the molecule is COc1ccc(-c2c(C)sc(NC(=O)[C@H]3CCCO3)c2C(=O)OC(C)C)cc1. The highest BCUT2D eigenvalue weighted by molar-refractivity contribution is 7.17. The fourth-order valence-electron chi connectivity index (χ4n) is 3.18. The van der Waals surface area contributed by atoms with E-state index in [0.717, 1.165) is 28.2 Å². The first-order valence-corrected chi connectivity index (χ1v) is 10.1. The molecule has 6 nitrogen and oxygen atoms in total. The van der Waals surface area contributed by atoms with E-state index in [0.29, 0.717) is 23.6 Å². The number of rotatable bonds is 6. The van der Waals surface area contributed by atoms with E-state index in [4.69, 9.17) is 14.2 Å². The number of benzene rings is 1. The number of carbonyl (C=O) groups is 2. The van der Waals surface area contributed by atoms with Crippen molar-refractivity contribution in [1.29, 1.82) is 0 Å². The third-order valence-corrected chi connectivity index (χ3v) is 5.49. The van der Waals surface area contributed by atoms with Crippen LogP contribution in [0.5, 0.6) is 5.75 Å². The van der Waals surface area contributed by atoms with Crippen LogP contribution in [0.25, 0.3) is 11.1 Å². The van der Waals surface area contributed by atoms with Gasteiger partial charge in [-0.05, 0) is 51.3 Å². The molecule has 1 aromatic heterocycles. The third-order valence-electron chi connectivity index (χ3n) is 4.47. The second kappa shape index (κ2) is 8.75. The van der Waals surface area contributed by atoms with Gasteiger partial charge in [0, 0.05) is 17.0 Å². The molecular formula is C21H25NO5S. The molecule has 1 aromatic carbocycles. The Kier molecular flexibility index (Phi) is 6.36. The topological polar surface area (TPSA) is 73.9 Å². The van der Waals surface area contributed by atoms with E-state index in [1.54, 1.807) is 21.0 Å². The molecule has 1 atom stereocenters. The largest absolute Gasteiger partial charge is 0.497 e. The van der Waals surface area contributed by atoms with Gasteiger partial charge in [0.15, 0.2) is 0 Å². The lowest BCUT2D eigenvalue weighted by Crippen LogP contribution is -2.27. The van der Waals surface area contributed by atoms with E-state index < -0.39 is 12.1 Å². The molecule has 0 unspecified atom stereocenters. The predicted octanol–water partition coefficient (Wildman–Crippen LogP) is 4.41. The van der Waals surface area contributed by atoms with E-state index >= 15 is 0 Å². The molecule has 1 saturated heterocycles. The van der Waals surface area contributed by atoms with Gasteiger partial charge in [0.25, 0.3) is 5.91 Å². The monoisotopic (exact) mass is 403 g/mol. The first-order valence-electron chi connectivity index (χ1n) is 9.32. The number of hydrogen-bond donors (Lipinski definition) is 1. The van der Waals surface area contributed by atoms with Gasteiger partial charge in [-0.2, -0.15) is 0 Å². The summed E-state index contributed by atoms with van der Waals surface area (Å²) in [5.41, 5.74) is 2.01. The van der Waals surface area contributed by atoms with Gasteiger partial charge in [-0.25, -0.2) is 4.79 Å². The minimum absolute atomic E-state index is 0.223. The van der Waals surface area contributed by atoms with Crippen LogP contribution in [0.15, 0.2) is 24.3 Å². The molecule has 2 aromatic rings. The molecular weight excluding hydrogens is 378 g/mol. The molecule has 1 N–H and O–H groups in total. The van der Waals surface area contributed by atoms with Gasteiger partial charge in [-0.3, -0.25) is 4.79 Å². The maximum atomic E-state index is 12.9. The Labute approximate surface area is 168 Å². The number of carbonyl (C=O) groups excluding carboxylic acids is 2. The van der Waals surface area contributed by atoms with Crippen molar-refractivity contribution in [3.63, 3.8) is 0 Å². The second-order valence-electron chi connectivity index (χ2n) is 6.91. The van der Waals surface area contributed by atoms with Crippen LogP contribution in [-0.4, -0.2) is 37.8 Å². The van der Waals surface area contributed by atoms with Crippen molar-refractivity contribution >= 4 is 28.2 Å². The fraction of sp³-hybridized carbons (Fsp3) is 0.429. The van der Waals surface area contributed by atoms with E-state index in [-0.39, 0.29) is 12.0 Å². The summed E-state index contributed by atoms with van der Waals surface area (Å²) >= 11 is 1.37. The summed E-state index contributed by atoms with van der Waals surface area (Å²) in [5.74, 6) is 0.0567. The first kappa shape index (κ1) is 20.4. The second-order valence-corrected chi connectivity index (χ2v) is 8.14. The standard InChI is InChI=1S/C21H25NO5S/c1-12(2)27-21(24)18-17(14-7-9-15(25-4)10-8-14)13(3)28-20(18)22-19(23)16-6-5-11-26-16/h7-10,12,16H,5-6,11H2,1-4H3,(H,22,23)/t16-/m1/s1. The van der Waals surface area contributed by atoms with Crippen LogP contribution in [0, 0.1) is 6.92 Å². The Hall–Kier alpha value is -2.38. The summed E-state index contributed by atoms with van der Waals surface area (Å²) in [7, 11) is 1.61. The Morgan fingerprint density at radius 3 is 2.54 bits per heavy atom. The number of amides is 1. The van der Waals surface area contributed by atoms with Crippen LogP contribution in [0.3, 0.4) is 0 Å². The van der Waals surface area contributed by atoms with Crippen LogP contribution in [0.4, 0.5) is 5.00 Å². The van der Waals surface area contributed by atoms with Gasteiger partial charge in [-0.1, -0.05) is 12.1 Å². The molecule has 0 aliphatic carbocycles. The maximum Gasteiger partial charge on any atom is 0.342 e. The number of aryl methyl sites for hydroxylation is 1. The summed E-state index contributed by atoms with van der Waals surface area (Å²) in [4.78, 5) is 26.4. The Bertz CT molecular complexity index is 850. The van der Waals surface area contributed by atoms with Crippen LogP contribution in [0.2, 0.25) is 0 Å². The Morgan fingerprint density at radius 2 is 1.96 bits per heavy atom. The molecule has 1 fully saturated rings. The van der Waals surface area contributed by atoms with E-state index in [9.17, 15) is 9.59 Å². The third kappa shape index (κ3) is 4.36. The van der Waals surface area contributed by atoms with Gasteiger partial charge in [0.1, 0.15) is 22.4 Å². The van der Waals surface area contributed by atoms with Crippen molar-refractivity contribution in [2.75, 3.05) is 19.0 Å². The van der Waals surface area contributed by atoms with Crippen molar-refractivity contribution in [1.82, 2.24) is 0 Å². The zero-order valence-corrected chi connectivity index (χ0v) is 17.4. The summed E-state index contributed by atoms with van der Waals surface area (Å²) in [5, 5.41) is 3.38. The zero-order valence-electron chi connectivity index (χ0n) is 16.5. The van der Waals surface area contributed by atoms with Crippen molar-refractivity contribution < 1.29 is 23.8 Å². The highest BCUT2D eigenvalue weighted by Gasteiger charge is 2.29. The molecule has 2 heterocycles. The molecule has 0 bridgehead atoms.